The molecule has 19 heavy (non-hydrogen) atoms. The molecule has 0 aromatic carbocycles. The van der Waals surface area contributed by atoms with Crippen LogP contribution in [0.1, 0.15) is 13.3 Å². The number of anilines is 1. The van der Waals surface area contributed by atoms with Crippen molar-refractivity contribution in [2.45, 2.75) is 19.4 Å². The lowest BCUT2D eigenvalue weighted by atomic mass is 10.2. The predicted octanol–water partition coefficient (Wildman–Crippen LogP) is 1.67. The third-order valence-electron chi connectivity index (χ3n) is 3.48. The second kappa shape index (κ2) is 5.77. The van der Waals surface area contributed by atoms with Gasteiger partial charge in [-0.25, -0.2) is 9.78 Å². The molecule has 2 rings (SSSR count). The summed E-state index contributed by atoms with van der Waals surface area (Å²) in [4.78, 5) is 19.0. The lowest BCUT2D eigenvalue weighted by molar-refractivity contribution is 0.131. The summed E-state index contributed by atoms with van der Waals surface area (Å²) in [5.41, 5.74) is 0. The maximum absolute atomic E-state index is 11.1. The molecule has 0 radical (unpaired) electrons. The summed E-state index contributed by atoms with van der Waals surface area (Å²) in [7, 11) is 1.62. The fourth-order valence-corrected chi connectivity index (χ4v) is 2.27. The molecule has 0 bridgehead atoms. The van der Waals surface area contributed by atoms with Gasteiger partial charge in [0.15, 0.2) is 0 Å². The van der Waals surface area contributed by atoms with E-state index in [0.717, 1.165) is 24.5 Å². The molecule has 1 saturated heterocycles. The molecule has 6 heteroatoms. The number of carboxylic acid groups (broad SMARTS) is 1. The molecule has 1 aromatic rings. The summed E-state index contributed by atoms with van der Waals surface area (Å²) in [5, 5.41) is 9.14. The fraction of sp³-hybridized carbons (Fsp3) is 0.538. The topological polar surface area (TPSA) is 65.9 Å². The molecular formula is C13H19N3O3. The Morgan fingerprint density at radius 3 is 2.95 bits per heavy atom. The minimum absolute atomic E-state index is 0.0353. The van der Waals surface area contributed by atoms with Crippen molar-refractivity contribution in [3.05, 3.63) is 18.3 Å². The molecule has 1 aromatic heterocycles. The number of rotatable bonds is 2. The van der Waals surface area contributed by atoms with E-state index in [-0.39, 0.29) is 6.04 Å². The van der Waals surface area contributed by atoms with Crippen LogP contribution >= 0.6 is 0 Å². The number of hydrogen-bond acceptors (Lipinski definition) is 4. The molecule has 1 atom stereocenters. The summed E-state index contributed by atoms with van der Waals surface area (Å²) in [6.45, 7) is 3.88. The maximum Gasteiger partial charge on any atom is 0.407 e. The van der Waals surface area contributed by atoms with Gasteiger partial charge in [-0.15, -0.1) is 0 Å². The number of ether oxygens (including phenoxy) is 1. The van der Waals surface area contributed by atoms with Crippen LogP contribution in [0, 0.1) is 0 Å². The van der Waals surface area contributed by atoms with Crippen LogP contribution in [-0.4, -0.2) is 53.9 Å². The molecular weight excluding hydrogens is 246 g/mol. The van der Waals surface area contributed by atoms with Crippen LogP contribution in [0.5, 0.6) is 5.75 Å². The molecule has 104 valence electrons. The minimum Gasteiger partial charge on any atom is -0.497 e. The zero-order chi connectivity index (χ0) is 13.8. The van der Waals surface area contributed by atoms with Crippen LogP contribution in [0.3, 0.4) is 0 Å². The number of nitrogens with zero attached hydrogens (tertiary/aromatic N) is 3. The predicted molar refractivity (Wildman–Crippen MR) is 71.8 cm³/mol. The van der Waals surface area contributed by atoms with Gasteiger partial charge in [0, 0.05) is 37.9 Å². The quantitative estimate of drug-likeness (QED) is 0.881. The molecule has 1 aliphatic rings. The van der Waals surface area contributed by atoms with Gasteiger partial charge in [-0.1, -0.05) is 0 Å². The lowest BCUT2D eigenvalue weighted by Gasteiger charge is -2.23. The van der Waals surface area contributed by atoms with Crippen molar-refractivity contribution in [3.8, 4) is 5.75 Å². The molecule has 2 heterocycles. The monoisotopic (exact) mass is 265 g/mol. The van der Waals surface area contributed by atoms with Crippen molar-refractivity contribution in [1.82, 2.24) is 9.88 Å². The summed E-state index contributed by atoms with van der Waals surface area (Å²) in [6, 6.07) is 3.71. The first-order chi connectivity index (χ1) is 9.11. The molecule has 1 amide bonds. The van der Waals surface area contributed by atoms with Crippen molar-refractivity contribution in [2.24, 2.45) is 0 Å². The average Bonchev–Trinajstić information content (AvgIpc) is 2.61. The van der Waals surface area contributed by atoms with Gasteiger partial charge in [0.05, 0.1) is 7.11 Å². The minimum atomic E-state index is -0.854. The molecule has 1 N–H and O–H groups in total. The van der Waals surface area contributed by atoms with Crippen molar-refractivity contribution in [2.75, 3.05) is 31.6 Å². The van der Waals surface area contributed by atoms with Gasteiger partial charge in [-0.05, 0) is 19.4 Å². The standard InChI is InChI=1S/C13H19N3O3/c1-10-4-6-15(7-8-16(10)13(17)18)12-9-11(19-2)3-5-14-12/h3,5,9-10H,4,6-8H2,1-2H3,(H,17,18). The molecule has 1 unspecified atom stereocenters. The lowest BCUT2D eigenvalue weighted by Crippen LogP contribution is -2.38. The van der Waals surface area contributed by atoms with Crippen LogP contribution in [0.25, 0.3) is 0 Å². The Kier molecular flexibility index (Phi) is 4.09. The Bertz CT molecular complexity index is 453. The molecule has 0 spiro atoms. The van der Waals surface area contributed by atoms with Gasteiger partial charge in [0.25, 0.3) is 0 Å². The van der Waals surface area contributed by atoms with Gasteiger partial charge in [0.1, 0.15) is 11.6 Å². The van der Waals surface area contributed by atoms with Crippen molar-refractivity contribution in [1.29, 1.82) is 0 Å². The van der Waals surface area contributed by atoms with Gasteiger partial charge < -0.3 is 19.6 Å². The molecule has 1 fully saturated rings. The van der Waals surface area contributed by atoms with Crippen LogP contribution in [0.15, 0.2) is 18.3 Å². The van der Waals surface area contributed by atoms with Gasteiger partial charge >= 0.3 is 6.09 Å². The highest BCUT2D eigenvalue weighted by Crippen LogP contribution is 2.20. The first kappa shape index (κ1) is 13.5. The second-order valence-corrected chi connectivity index (χ2v) is 4.65. The van der Waals surface area contributed by atoms with Gasteiger partial charge in [-0.3, -0.25) is 0 Å². The Labute approximate surface area is 112 Å². The van der Waals surface area contributed by atoms with E-state index in [1.807, 2.05) is 13.0 Å². The second-order valence-electron chi connectivity index (χ2n) is 4.65. The van der Waals surface area contributed by atoms with Crippen molar-refractivity contribution >= 4 is 11.9 Å². The van der Waals surface area contributed by atoms with Gasteiger partial charge in [0.2, 0.25) is 0 Å². The summed E-state index contributed by atoms with van der Waals surface area (Å²) < 4.78 is 5.19. The highest BCUT2D eigenvalue weighted by Gasteiger charge is 2.24. The highest BCUT2D eigenvalue weighted by atomic mass is 16.5. The summed E-state index contributed by atoms with van der Waals surface area (Å²) in [6.07, 6.45) is 1.65. The molecule has 0 saturated carbocycles. The normalized spacial score (nSPS) is 20.0. The smallest absolute Gasteiger partial charge is 0.407 e. The van der Waals surface area contributed by atoms with E-state index in [1.54, 1.807) is 19.4 Å². The maximum atomic E-state index is 11.1. The summed E-state index contributed by atoms with van der Waals surface area (Å²) >= 11 is 0. The molecule has 6 nitrogen and oxygen atoms in total. The first-order valence-corrected chi connectivity index (χ1v) is 6.36. The van der Waals surface area contributed by atoms with Crippen LogP contribution in [0.2, 0.25) is 0 Å². The van der Waals surface area contributed by atoms with E-state index in [9.17, 15) is 4.79 Å². The third-order valence-corrected chi connectivity index (χ3v) is 3.48. The van der Waals surface area contributed by atoms with E-state index >= 15 is 0 Å². The molecule has 0 aliphatic carbocycles. The average molecular weight is 265 g/mol. The van der Waals surface area contributed by atoms with Crippen molar-refractivity contribution in [3.63, 3.8) is 0 Å². The number of hydrogen-bond donors (Lipinski definition) is 1. The van der Waals surface area contributed by atoms with E-state index in [4.69, 9.17) is 9.84 Å². The van der Waals surface area contributed by atoms with E-state index in [1.165, 1.54) is 4.90 Å². The van der Waals surface area contributed by atoms with Crippen LogP contribution in [0.4, 0.5) is 10.6 Å². The Hall–Kier alpha value is -1.98. The van der Waals surface area contributed by atoms with Crippen LogP contribution in [-0.2, 0) is 0 Å². The number of methoxy groups -OCH3 is 1. The van der Waals surface area contributed by atoms with Gasteiger partial charge in [-0.2, -0.15) is 0 Å². The number of amides is 1. The largest absolute Gasteiger partial charge is 0.497 e. The number of pyridine rings is 1. The van der Waals surface area contributed by atoms with Crippen LogP contribution < -0.4 is 9.64 Å². The molecule has 1 aliphatic heterocycles. The van der Waals surface area contributed by atoms with Crippen molar-refractivity contribution < 1.29 is 14.6 Å². The zero-order valence-electron chi connectivity index (χ0n) is 11.2. The van der Waals surface area contributed by atoms with E-state index in [0.29, 0.717) is 13.1 Å². The Morgan fingerprint density at radius 1 is 1.47 bits per heavy atom. The van der Waals surface area contributed by atoms with E-state index in [2.05, 4.69) is 9.88 Å². The SMILES string of the molecule is COc1ccnc(N2CCC(C)N(C(=O)O)CC2)c1. The first-order valence-electron chi connectivity index (χ1n) is 6.36. The number of aromatic nitrogens is 1. The Morgan fingerprint density at radius 2 is 2.26 bits per heavy atom. The zero-order valence-corrected chi connectivity index (χ0v) is 11.2. The Balaban J connectivity index is 2.11. The number of carbonyl (C=O) groups is 1. The third kappa shape index (κ3) is 3.07. The summed E-state index contributed by atoms with van der Waals surface area (Å²) in [5.74, 6) is 1.59. The van der Waals surface area contributed by atoms with E-state index < -0.39 is 6.09 Å². The fourth-order valence-electron chi connectivity index (χ4n) is 2.27. The highest BCUT2D eigenvalue weighted by molar-refractivity contribution is 5.65.